The van der Waals surface area contributed by atoms with E-state index in [2.05, 4.69) is 5.32 Å². The number of ketones is 1. The first-order valence-electron chi connectivity index (χ1n) is 8.61. The Morgan fingerprint density at radius 2 is 1.70 bits per heavy atom. The molecule has 0 fully saturated rings. The molecule has 0 aromatic heterocycles. The number of hydrogen-bond acceptors (Lipinski definition) is 5. The Balaban J connectivity index is 1.78. The molecule has 0 saturated heterocycles. The molecule has 0 unspecified atom stereocenters. The molecular weight excluding hydrogens is 346 g/mol. The van der Waals surface area contributed by atoms with Crippen LogP contribution < -0.4 is 10.1 Å². The zero-order valence-corrected chi connectivity index (χ0v) is 15.7. The van der Waals surface area contributed by atoms with Gasteiger partial charge in [0, 0.05) is 5.56 Å². The largest absolute Gasteiger partial charge is 0.484 e. The van der Waals surface area contributed by atoms with Gasteiger partial charge in [-0.05, 0) is 44.5 Å². The number of carbonyl (C=O) groups excluding carboxylic acids is 3. The number of aryl methyl sites for hydroxylation is 2. The van der Waals surface area contributed by atoms with Crippen LogP contribution in [0.4, 0.5) is 0 Å². The van der Waals surface area contributed by atoms with Gasteiger partial charge in [-0.25, -0.2) is 4.79 Å². The summed E-state index contributed by atoms with van der Waals surface area (Å²) < 4.78 is 10.3. The second kappa shape index (κ2) is 9.52. The van der Waals surface area contributed by atoms with Crippen LogP contribution in [0.2, 0.25) is 0 Å². The quantitative estimate of drug-likeness (QED) is 0.571. The number of carbonyl (C=O) groups is 3. The third kappa shape index (κ3) is 6.26. The van der Waals surface area contributed by atoms with Crippen molar-refractivity contribution in [2.24, 2.45) is 0 Å². The fourth-order valence-corrected chi connectivity index (χ4v) is 2.38. The number of hydrogen-bond donors (Lipinski definition) is 1. The first kappa shape index (κ1) is 20.2. The smallest absolute Gasteiger partial charge is 0.328 e. The maximum absolute atomic E-state index is 12.2. The zero-order valence-electron chi connectivity index (χ0n) is 15.7. The summed E-state index contributed by atoms with van der Waals surface area (Å²) in [6, 6.07) is 13.5. The molecule has 0 aliphatic heterocycles. The molecule has 1 atom stereocenters. The molecule has 2 aromatic carbocycles. The highest BCUT2D eigenvalue weighted by Gasteiger charge is 2.19. The number of amides is 1. The number of ether oxygens (including phenoxy) is 2. The van der Waals surface area contributed by atoms with Crippen LogP contribution in [0.15, 0.2) is 48.5 Å². The molecule has 1 amide bonds. The van der Waals surface area contributed by atoms with Crippen molar-refractivity contribution in [1.82, 2.24) is 5.32 Å². The van der Waals surface area contributed by atoms with Crippen molar-refractivity contribution in [1.29, 1.82) is 0 Å². The number of esters is 1. The normalized spacial score (nSPS) is 11.4. The van der Waals surface area contributed by atoms with E-state index in [0.29, 0.717) is 11.3 Å². The molecule has 0 radical (unpaired) electrons. The van der Waals surface area contributed by atoms with E-state index >= 15 is 0 Å². The van der Waals surface area contributed by atoms with Gasteiger partial charge in [0.25, 0.3) is 5.91 Å². The molecule has 27 heavy (non-hydrogen) atoms. The van der Waals surface area contributed by atoms with Gasteiger partial charge in [-0.3, -0.25) is 9.59 Å². The van der Waals surface area contributed by atoms with Crippen molar-refractivity contribution in [3.63, 3.8) is 0 Å². The average Bonchev–Trinajstić information content (AvgIpc) is 2.66. The van der Waals surface area contributed by atoms with Gasteiger partial charge < -0.3 is 14.8 Å². The van der Waals surface area contributed by atoms with E-state index in [9.17, 15) is 14.4 Å². The number of nitrogens with one attached hydrogen (secondary N) is 1. The Labute approximate surface area is 158 Å². The number of Topliss-reactive ketones (excluding diaryl/α,β-unsaturated/α-hetero) is 1. The molecule has 2 rings (SSSR count). The summed E-state index contributed by atoms with van der Waals surface area (Å²) >= 11 is 0. The second-order valence-electron chi connectivity index (χ2n) is 6.24. The van der Waals surface area contributed by atoms with E-state index in [1.807, 2.05) is 32.0 Å². The lowest BCUT2D eigenvalue weighted by Crippen LogP contribution is -2.42. The first-order valence-corrected chi connectivity index (χ1v) is 8.61. The van der Waals surface area contributed by atoms with Gasteiger partial charge >= 0.3 is 5.97 Å². The maximum atomic E-state index is 12.2. The Morgan fingerprint density at radius 1 is 1.00 bits per heavy atom. The minimum Gasteiger partial charge on any atom is -0.484 e. The summed E-state index contributed by atoms with van der Waals surface area (Å²) in [6.07, 6.45) is 0. The highest BCUT2D eigenvalue weighted by molar-refractivity contribution is 5.99. The molecule has 0 saturated carbocycles. The van der Waals surface area contributed by atoms with E-state index in [-0.39, 0.29) is 19.0 Å². The van der Waals surface area contributed by atoms with Crippen LogP contribution in [0.5, 0.6) is 5.75 Å². The predicted octanol–water partition coefficient (Wildman–Crippen LogP) is 2.61. The summed E-state index contributed by atoms with van der Waals surface area (Å²) in [6.45, 7) is 4.61. The predicted molar refractivity (Wildman–Crippen MR) is 101 cm³/mol. The maximum Gasteiger partial charge on any atom is 0.328 e. The molecule has 6 heteroatoms. The standard InChI is InChI=1S/C21H23NO5/c1-14-9-10-15(2)18(11-14)19(23)12-27-21(25)16(3)22-20(24)13-26-17-7-5-4-6-8-17/h4-11,16H,12-13H2,1-3H3,(H,22,24)/t16-/m0/s1. The highest BCUT2D eigenvalue weighted by atomic mass is 16.5. The van der Waals surface area contributed by atoms with Crippen molar-refractivity contribution in [3.05, 3.63) is 65.2 Å². The van der Waals surface area contributed by atoms with Crippen LogP contribution in [0.3, 0.4) is 0 Å². The molecule has 1 N–H and O–H groups in total. The van der Waals surface area contributed by atoms with E-state index in [0.717, 1.165) is 11.1 Å². The molecule has 2 aromatic rings. The van der Waals surface area contributed by atoms with Gasteiger partial charge in [0.2, 0.25) is 5.78 Å². The lowest BCUT2D eigenvalue weighted by atomic mass is 10.0. The Hall–Kier alpha value is -3.15. The van der Waals surface area contributed by atoms with Crippen LogP contribution in [-0.4, -0.2) is 36.9 Å². The Kier molecular flexibility index (Phi) is 7.11. The van der Waals surface area contributed by atoms with Crippen LogP contribution in [0, 0.1) is 13.8 Å². The molecule has 142 valence electrons. The summed E-state index contributed by atoms with van der Waals surface area (Å²) in [4.78, 5) is 36.1. The van der Waals surface area contributed by atoms with Crippen molar-refractivity contribution in [2.75, 3.05) is 13.2 Å². The average molecular weight is 369 g/mol. The lowest BCUT2D eigenvalue weighted by molar-refractivity contribution is -0.146. The first-order chi connectivity index (χ1) is 12.9. The second-order valence-corrected chi connectivity index (χ2v) is 6.24. The molecule has 0 aliphatic rings. The molecule has 0 heterocycles. The molecule has 0 spiro atoms. The summed E-state index contributed by atoms with van der Waals surface area (Å²) in [5, 5.41) is 2.48. The monoisotopic (exact) mass is 369 g/mol. The third-order valence-electron chi connectivity index (χ3n) is 3.88. The number of rotatable bonds is 8. The van der Waals surface area contributed by atoms with Crippen LogP contribution in [0.25, 0.3) is 0 Å². The van der Waals surface area contributed by atoms with Gasteiger partial charge in [0.05, 0.1) is 0 Å². The minimum absolute atomic E-state index is 0.219. The SMILES string of the molecule is Cc1ccc(C)c(C(=O)COC(=O)[C@H](C)NC(=O)COc2ccccc2)c1. The van der Waals surface area contributed by atoms with E-state index < -0.39 is 17.9 Å². The fourth-order valence-electron chi connectivity index (χ4n) is 2.38. The van der Waals surface area contributed by atoms with Crippen LogP contribution in [-0.2, 0) is 14.3 Å². The zero-order chi connectivity index (χ0) is 19.8. The summed E-state index contributed by atoms with van der Waals surface area (Å²) in [5.41, 5.74) is 2.30. The summed E-state index contributed by atoms with van der Waals surface area (Å²) in [5.74, 6) is -0.858. The molecule has 0 aliphatic carbocycles. The Morgan fingerprint density at radius 3 is 2.41 bits per heavy atom. The minimum atomic E-state index is -0.886. The van der Waals surface area contributed by atoms with E-state index in [4.69, 9.17) is 9.47 Å². The third-order valence-corrected chi connectivity index (χ3v) is 3.88. The van der Waals surface area contributed by atoms with E-state index in [1.165, 1.54) is 6.92 Å². The van der Waals surface area contributed by atoms with Gasteiger partial charge in [0.1, 0.15) is 11.8 Å². The van der Waals surface area contributed by atoms with Gasteiger partial charge in [-0.1, -0.05) is 35.9 Å². The van der Waals surface area contributed by atoms with Gasteiger partial charge in [0.15, 0.2) is 13.2 Å². The topological polar surface area (TPSA) is 81.7 Å². The van der Waals surface area contributed by atoms with Crippen molar-refractivity contribution in [3.8, 4) is 5.75 Å². The molecule has 6 nitrogen and oxygen atoms in total. The Bertz CT molecular complexity index is 817. The highest BCUT2D eigenvalue weighted by Crippen LogP contribution is 2.12. The van der Waals surface area contributed by atoms with Gasteiger partial charge in [-0.15, -0.1) is 0 Å². The van der Waals surface area contributed by atoms with E-state index in [1.54, 1.807) is 30.3 Å². The van der Waals surface area contributed by atoms with Gasteiger partial charge in [-0.2, -0.15) is 0 Å². The van der Waals surface area contributed by atoms with Crippen LogP contribution in [0.1, 0.15) is 28.4 Å². The van der Waals surface area contributed by atoms with Crippen molar-refractivity contribution >= 4 is 17.7 Å². The number of benzene rings is 2. The molecular formula is C21H23NO5. The summed E-state index contributed by atoms with van der Waals surface area (Å²) in [7, 11) is 0. The molecule has 0 bridgehead atoms. The van der Waals surface area contributed by atoms with Crippen LogP contribution >= 0.6 is 0 Å². The van der Waals surface area contributed by atoms with Crippen molar-refractivity contribution in [2.45, 2.75) is 26.8 Å². The number of para-hydroxylation sites is 1. The fraction of sp³-hybridized carbons (Fsp3) is 0.286. The van der Waals surface area contributed by atoms with Crippen molar-refractivity contribution < 1.29 is 23.9 Å². The lowest BCUT2D eigenvalue weighted by Gasteiger charge is -2.14.